The van der Waals surface area contributed by atoms with E-state index in [-0.39, 0.29) is 10.8 Å². The van der Waals surface area contributed by atoms with E-state index in [4.69, 9.17) is 0 Å². The molecule has 0 aromatic heterocycles. The second-order valence-corrected chi connectivity index (χ2v) is 7.48. The lowest BCUT2D eigenvalue weighted by Crippen LogP contribution is -2.30. The molecule has 0 fully saturated rings. The molecular weight excluding hydrogens is 336 g/mol. The third kappa shape index (κ3) is 3.74. The third-order valence-corrected chi connectivity index (χ3v) is 4.77. The Morgan fingerprint density at radius 3 is 2.47 bits per heavy atom. The van der Waals surface area contributed by atoms with Gasteiger partial charge in [0.25, 0.3) is 5.69 Å². The van der Waals surface area contributed by atoms with Crippen LogP contribution in [0.5, 0.6) is 0 Å². The number of hydrogen-bond acceptors (Lipinski definition) is 4. The molecule has 1 rings (SSSR count). The first-order valence-corrected chi connectivity index (χ1v) is 7.80. The number of nitrogens with zero attached hydrogens (tertiary/aromatic N) is 2. The predicted octanol–water partition coefficient (Wildman–Crippen LogP) is 2.63. The molecule has 0 N–H and O–H groups in total. The van der Waals surface area contributed by atoms with Gasteiger partial charge in [0.2, 0.25) is 10.0 Å². The lowest BCUT2D eigenvalue weighted by Gasteiger charge is -2.19. The zero-order valence-corrected chi connectivity index (χ0v) is 13.2. The van der Waals surface area contributed by atoms with E-state index in [1.165, 1.54) is 25.2 Å². The van der Waals surface area contributed by atoms with E-state index in [2.05, 4.69) is 15.9 Å². The number of benzene rings is 1. The fraction of sp³-hybridized carbons (Fsp3) is 0.455. The number of nitro groups is 1. The van der Waals surface area contributed by atoms with Gasteiger partial charge in [-0.3, -0.25) is 10.1 Å². The van der Waals surface area contributed by atoms with E-state index < -0.39 is 20.6 Å². The fourth-order valence-corrected chi connectivity index (χ4v) is 3.65. The van der Waals surface area contributed by atoms with E-state index in [0.29, 0.717) is 11.0 Å². The van der Waals surface area contributed by atoms with Crippen LogP contribution in [-0.2, 0) is 10.0 Å². The van der Waals surface area contributed by atoms with E-state index in [9.17, 15) is 18.5 Å². The van der Waals surface area contributed by atoms with Crippen LogP contribution in [0.25, 0.3) is 0 Å². The first kappa shape index (κ1) is 16.1. The second kappa shape index (κ2) is 5.98. The van der Waals surface area contributed by atoms with Crippen molar-refractivity contribution in [1.82, 2.24) is 4.31 Å². The van der Waals surface area contributed by atoms with E-state index >= 15 is 0 Å². The highest BCUT2D eigenvalue weighted by atomic mass is 79.9. The van der Waals surface area contributed by atoms with Gasteiger partial charge in [0.1, 0.15) is 0 Å². The minimum absolute atomic E-state index is 0.131. The van der Waals surface area contributed by atoms with Crippen molar-refractivity contribution >= 4 is 31.6 Å². The lowest BCUT2D eigenvalue weighted by atomic mass is 10.2. The maximum Gasteiger partial charge on any atom is 0.289 e. The molecule has 0 aliphatic heterocycles. The van der Waals surface area contributed by atoms with E-state index in [1.807, 2.05) is 13.8 Å². The maximum atomic E-state index is 12.3. The quantitative estimate of drug-likeness (QED) is 0.603. The largest absolute Gasteiger partial charge is 0.289 e. The Bertz CT molecular complexity index is 586. The summed E-state index contributed by atoms with van der Waals surface area (Å²) in [5, 5.41) is 10.9. The van der Waals surface area contributed by atoms with Gasteiger partial charge in [-0.25, -0.2) is 12.7 Å². The van der Waals surface area contributed by atoms with Crippen LogP contribution in [0.15, 0.2) is 27.6 Å². The summed E-state index contributed by atoms with van der Waals surface area (Å²) >= 11 is 3.13. The standard InChI is InChI=1S/C11H15BrN2O4S/c1-8(2)7-13(3)19(17,18)11-6-9(12)4-5-10(11)14(15)16/h4-6,8H,7H2,1-3H3. The van der Waals surface area contributed by atoms with Crippen LogP contribution in [0.2, 0.25) is 0 Å². The normalized spacial score (nSPS) is 12.1. The Morgan fingerprint density at radius 2 is 2.00 bits per heavy atom. The molecule has 0 heterocycles. The van der Waals surface area contributed by atoms with Gasteiger partial charge < -0.3 is 0 Å². The number of sulfonamides is 1. The Kier molecular flexibility index (Phi) is 5.05. The van der Waals surface area contributed by atoms with E-state index in [1.54, 1.807) is 0 Å². The fourth-order valence-electron chi connectivity index (χ4n) is 1.63. The van der Waals surface area contributed by atoms with Crippen molar-refractivity contribution in [2.24, 2.45) is 5.92 Å². The van der Waals surface area contributed by atoms with Crippen LogP contribution >= 0.6 is 15.9 Å². The zero-order valence-electron chi connectivity index (χ0n) is 10.8. The first-order valence-electron chi connectivity index (χ1n) is 5.56. The summed E-state index contributed by atoms with van der Waals surface area (Å²) in [6.45, 7) is 4.05. The van der Waals surface area contributed by atoms with Gasteiger partial charge >= 0.3 is 0 Å². The van der Waals surface area contributed by atoms with Crippen LogP contribution in [0, 0.1) is 16.0 Å². The van der Waals surface area contributed by atoms with E-state index in [0.717, 1.165) is 4.31 Å². The molecule has 0 spiro atoms. The molecule has 8 heteroatoms. The van der Waals surface area contributed by atoms with Crippen LogP contribution in [0.3, 0.4) is 0 Å². The lowest BCUT2D eigenvalue weighted by molar-refractivity contribution is -0.387. The molecule has 1 aromatic carbocycles. The molecule has 0 radical (unpaired) electrons. The summed E-state index contributed by atoms with van der Waals surface area (Å²) in [6.07, 6.45) is 0. The summed E-state index contributed by atoms with van der Waals surface area (Å²) in [5.41, 5.74) is -0.418. The highest BCUT2D eigenvalue weighted by Gasteiger charge is 2.29. The molecule has 6 nitrogen and oxygen atoms in total. The molecule has 0 bridgehead atoms. The van der Waals surface area contributed by atoms with Gasteiger partial charge in [0.05, 0.1) is 4.92 Å². The maximum absolute atomic E-state index is 12.3. The Morgan fingerprint density at radius 1 is 1.42 bits per heavy atom. The van der Waals surface area contributed by atoms with Crippen molar-refractivity contribution in [3.8, 4) is 0 Å². The molecule has 19 heavy (non-hydrogen) atoms. The summed E-state index contributed by atoms with van der Waals surface area (Å²) in [4.78, 5) is 9.94. The van der Waals surface area contributed by atoms with Crippen molar-refractivity contribution in [1.29, 1.82) is 0 Å². The Labute approximate surface area is 120 Å². The predicted molar refractivity (Wildman–Crippen MR) is 75.5 cm³/mol. The second-order valence-electron chi connectivity index (χ2n) is 4.55. The number of nitro benzene ring substituents is 1. The highest BCUT2D eigenvalue weighted by Crippen LogP contribution is 2.29. The molecule has 0 aliphatic rings. The minimum Gasteiger partial charge on any atom is -0.258 e. The molecule has 0 atom stereocenters. The molecule has 0 saturated carbocycles. The number of halogens is 1. The van der Waals surface area contributed by atoms with Gasteiger partial charge in [0.15, 0.2) is 4.90 Å². The van der Waals surface area contributed by atoms with Crippen molar-refractivity contribution in [3.05, 3.63) is 32.8 Å². The monoisotopic (exact) mass is 350 g/mol. The summed E-state index contributed by atoms with van der Waals surface area (Å²) in [7, 11) is -2.45. The first-order chi connectivity index (χ1) is 8.66. The van der Waals surface area contributed by atoms with Gasteiger partial charge in [-0.15, -0.1) is 0 Å². The Hall–Kier alpha value is -0.990. The topological polar surface area (TPSA) is 80.5 Å². The zero-order chi connectivity index (χ0) is 14.8. The molecule has 106 valence electrons. The smallest absolute Gasteiger partial charge is 0.258 e. The van der Waals surface area contributed by atoms with Gasteiger partial charge in [-0.2, -0.15) is 0 Å². The number of rotatable bonds is 5. The highest BCUT2D eigenvalue weighted by molar-refractivity contribution is 9.10. The summed E-state index contributed by atoms with van der Waals surface area (Å²) < 4.78 is 26.3. The summed E-state index contributed by atoms with van der Waals surface area (Å²) in [5.74, 6) is 0.131. The van der Waals surface area contributed by atoms with Crippen molar-refractivity contribution in [3.63, 3.8) is 0 Å². The molecule has 0 saturated heterocycles. The van der Waals surface area contributed by atoms with Crippen molar-refractivity contribution in [2.75, 3.05) is 13.6 Å². The number of hydrogen-bond donors (Lipinski definition) is 0. The van der Waals surface area contributed by atoms with Crippen LogP contribution < -0.4 is 0 Å². The average molecular weight is 351 g/mol. The van der Waals surface area contributed by atoms with Gasteiger partial charge in [-0.05, 0) is 18.1 Å². The molecule has 0 unspecified atom stereocenters. The van der Waals surface area contributed by atoms with Crippen LogP contribution in [-0.4, -0.2) is 31.2 Å². The van der Waals surface area contributed by atoms with Gasteiger partial charge in [0, 0.05) is 24.1 Å². The van der Waals surface area contributed by atoms with Gasteiger partial charge in [-0.1, -0.05) is 29.8 Å². The average Bonchev–Trinajstić information content (AvgIpc) is 2.27. The molecular formula is C11H15BrN2O4S. The SMILES string of the molecule is CC(C)CN(C)S(=O)(=O)c1cc(Br)ccc1[N+](=O)[O-]. The van der Waals surface area contributed by atoms with Crippen LogP contribution in [0.1, 0.15) is 13.8 Å². The minimum atomic E-state index is -3.87. The van der Waals surface area contributed by atoms with Crippen molar-refractivity contribution < 1.29 is 13.3 Å². The van der Waals surface area contributed by atoms with Crippen LogP contribution in [0.4, 0.5) is 5.69 Å². The summed E-state index contributed by atoms with van der Waals surface area (Å²) in [6, 6.07) is 3.88. The molecule has 1 aromatic rings. The molecule has 0 amide bonds. The molecule has 0 aliphatic carbocycles. The van der Waals surface area contributed by atoms with Crippen molar-refractivity contribution in [2.45, 2.75) is 18.7 Å². The Balaban J connectivity index is 3.35. The third-order valence-electron chi connectivity index (χ3n) is 2.43.